The Bertz CT molecular complexity index is 667. The number of carbonyl (C=O) groups is 2. The Morgan fingerprint density at radius 3 is 2.33 bits per heavy atom. The summed E-state index contributed by atoms with van der Waals surface area (Å²) in [5.41, 5.74) is 5.85. The molecular weight excluding hydrogens is 296 g/mol. The molecule has 0 saturated heterocycles. The van der Waals surface area contributed by atoms with Gasteiger partial charge >= 0.3 is 5.97 Å². The van der Waals surface area contributed by atoms with Crippen molar-refractivity contribution in [3.05, 3.63) is 29.3 Å². The minimum atomic E-state index is -4.02. The molecule has 1 aromatic rings. The van der Waals surface area contributed by atoms with Crippen LogP contribution in [-0.2, 0) is 14.8 Å². The molecule has 0 atom stereocenters. The number of primary amides is 1. The summed E-state index contributed by atoms with van der Waals surface area (Å²) in [6, 6.07) is 3.43. The van der Waals surface area contributed by atoms with E-state index in [1.54, 1.807) is 20.8 Å². The van der Waals surface area contributed by atoms with Crippen LogP contribution in [-0.4, -0.2) is 42.3 Å². The molecule has 116 valence electrons. The smallest absolute Gasteiger partial charge is 0.318 e. The summed E-state index contributed by atoms with van der Waals surface area (Å²) in [6.45, 7) is 4.13. The normalized spacial score (nSPS) is 11.9. The number of rotatable bonds is 6. The van der Waals surface area contributed by atoms with Gasteiger partial charge in [-0.3, -0.25) is 9.59 Å². The molecule has 0 aliphatic heterocycles. The average molecular weight is 314 g/mol. The van der Waals surface area contributed by atoms with Crippen LogP contribution >= 0.6 is 0 Å². The fraction of sp³-hybridized carbons (Fsp3) is 0.385. The zero-order valence-corrected chi connectivity index (χ0v) is 12.8. The summed E-state index contributed by atoms with van der Waals surface area (Å²) >= 11 is 0. The number of carbonyl (C=O) groups excluding carboxylic acids is 1. The van der Waals surface area contributed by atoms with E-state index in [0.29, 0.717) is 5.56 Å². The van der Waals surface area contributed by atoms with Gasteiger partial charge in [0.15, 0.2) is 0 Å². The van der Waals surface area contributed by atoms with Gasteiger partial charge in [-0.1, -0.05) is 6.07 Å². The minimum Gasteiger partial charge on any atom is -0.480 e. The molecule has 21 heavy (non-hydrogen) atoms. The monoisotopic (exact) mass is 314 g/mol. The van der Waals surface area contributed by atoms with E-state index in [4.69, 9.17) is 10.8 Å². The molecule has 0 fully saturated rings. The third-order valence-electron chi connectivity index (χ3n) is 2.95. The zero-order valence-electron chi connectivity index (χ0n) is 12.0. The van der Waals surface area contributed by atoms with E-state index < -0.39 is 34.5 Å². The van der Waals surface area contributed by atoms with E-state index in [9.17, 15) is 18.0 Å². The quantitative estimate of drug-likeness (QED) is 0.796. The van der Waals surface area contributed by atoms with Crippen LogP contribution in [0.5, 0.6) is 0 Å². The molecule has 1 amide bonds. The molecule has 1 rings (SSSR count). The van der Waals surface area contributed by atoms with Crippen LogP contribution in [0.1, 0.15) is 29.8 Å². The van der Waals surface area contributed by atoms with Gasteiger partial charge in [0, 0.05) is 11.6 Å². The highest BCUT2D eigenvalue weighted by Crippen LogP contribution is 2.21. The van der Waals surface area contributed by atoms with Crippen LogP contribution in [0.2, 0.25) is 0 Å². The van der Waals surface area contributed by atoms with Crippen LogP contribution in [0.3, 0.4) is 0 Å². The first-order valence-corrected chi connectivity index (χ1v) is 7.65. The molecule has 1 aromatic carbocycles. The van der Waals surface area contributed by atoms with E-state index >= 15 is 0 Å². The van der Waals surface area contributed by atoms with Gasteiger partial charge in [0.1, 0.15) is 6.54 Å². The fourth-order valence-corrected chi connectivity index (χ4v) is 3.45. The summed E-state index contributed by atoms with van der Waals surface area (Å²) in [6.07, 6.45) is 0. The van der Waals surface area contributed by atoms with Crippen molar-refractivity contribution in [2.45, 2.75) is 31.7 Å². The molecule has 0 radical (unpaired) electrons. The number of aryl methyl sites for hydroxylation is 1. The number of sulfonamides is 1. The van der Waals surface area contributed by atoms with E-state index in [2.05, 4.69) is 0 Å². The Morgan fingerprint density at radius 2 is 1.90 bits per heavy atom. The maximum absolute atomic E-state index is 12.5. The second-order valence-electron chi connectivity index (χ2n) is 4.88. The van der Waals surface area contributed by atoms with Crippen LogP contribution in [0.4, 0.5) is 0 Å². The van der Waals surface area contributed by atoms with Crippen molar-refractivity contribution in [3.8, 4) is 0 Å². The highest BCUT2D eigenvalue weighted by molar-refractivity contribution is 7.89. The Hall–Kier alpha value is -1.93. The topological polar surface area (TPSA) is 118 Å². The summed E-state index contributed by atoms with van der Waals surface area (Å²) in [7, 11) is -4.02. The van der Waals surface area contributed by atoms with Crippen molar-refractivity contribution in [2.75, 3.05) is 6.54 Å². The first-order chi connectivity index (χ1) is 9.57. The lowest BCUT2D eigenvalue weighted by atomic mass is 10.1. The molecule has 0 unspecified atom stereocenters. The number of carboxylic acids is 1. The van der Waals surface area contributed by atoms with Crippen LogP contribution < -0.4 is 5.73 Å². The van der Waals surface area contributed by atoms with Gasteiger partial charge in [0.25, 0.3) is 0 Å². The number of amides is 1. The van der Waals surface area contributed by atoms with Gasteiger partial charge in [-0.2, -0.15) is 4.31 Å². The Labute approximate surface area is 123 Å². The molecule has 7 nitrogen and oxygen atoms in total. The van der Waals surface area contributed by atoms with Gasteiger partial charge in [-0.25, -0.2) is 8.42 Å². The number of carboxylic acid groups (broad SMARTS) is 1. The minimum absolute atomic E-state index is 0.0927. The van der Waals surface area contributed by atoms with Crippen molar-refractivity contribution in [3.63, 3.8) is 0 Å². The molecule has 0 aromatic heterocycles. The molecule has 0 aliphatic rings. The third kappa shape index (κ3) is 3.79. The van der Waals surface area contributed by atoms with Gasteiger partial charge in [0.2, 0.25) is 15.9 Å². The van der Waals surface area contributed by atoms with Crippen molar-refractivity contribution < 1.29 is 23.1 Å². The molecule has 8 heteroatoms. The lowest BCUT2D eigenvalue weighted by molar-refractivity contribution is -0.137. The number of benzene rings is 1. The maximum atomic E-state index is 12.5. The second kappa shape index (κ2) is 6.23. The van der Waals surface area contributed by atoms with Crippen molar-refractivity contribution in [1.29, 1.82) is 0 Å². The van der Waals surface area contributed by atoms with Crippen LogP contribution in [0.25, 0.3) is 0 Å². The molecule has 0 saturated carbocycles. The molecule has 3 N–H and O–H groups in total. The second-order valence-corrected chi connectivity index (χ2v) is 6.77. The van der Waals surface area contributed by atoms with Crippen molar-refractivity contribution in [1.82, 2.24) is 4.31 Å². The number of aliphatic carboxylic acids is 1. The largest absolute Gasteiger partial charge is 0.480 e. The van der Waals surface area contributed by atoms with Gasteiger partial charge in [-0.05, 0) is 38.5 Å². The molecule has 0 bridgehead atoms. The highest BCUT2D eigenvalue weighted by atomic mass is 32.2. The van der Waals surface area contributed by atoms with Crippen LogP contribution in [0, 0.1) is 6.92 Å². The summed E-state index contributed by atoms with van der Waals surface area (Å²) < 4.78 is 25.9. The first-order valence-electron chi connectivity index (χ1n) is 6.21. The van der Waals surface area contributed by atoms with E-state index in [1.165, 1.54) is 18.2 Å². The summed E-state index contributed by atoms with van der Waals surface area (Å²) in [5.74, 6) is -1.99. The lowest BCUT2D eigenvalue weighted by Gasteiger charge is -2.24. The van der Waals surface area contributed by atoms with Gasteiger partial charge < -0.3 is 10.8 Å². The number of hydrogen-bond donors (Lipinski definition) is 2. The van der Waals surface area contributed by atoms with Crippen molar-refractivity contribution in [2.24, 2.45) is 5.73 Å². The Morgan fingerprint density at radius 1 is 1.33 bits per heavy atom. The Kier molecular flexibility index (Phi) is 5.08. The van der Waals surface area contributed by atoms with Gasteiger partial charge in [-0.15, -0.1) is 0 Å². The maximum Gasteiger partial charge on any atom is 0.318 e. The zero-order chi connectivity index (χ0) is 16.4. The lowest BCUT2D eigenvalue weighted by Crippen LogP contribution is -2.40. The molecular formula is C13H18N2O5S. The van der Waals surface area contributed by atoms with E-state index in [0.717, 1.165) is 4.31 Å². The standard InChI is InChI=1S/C13H18N2O5S/c1-8(2)15(7-12(16)17)21(19,20)10-5-4-9(3)11(6-10)13(14)18/h4-6,8H,7H2,1-3H3,(H2,14,18)(H,16,17). The highest BCUT2D eigenvalue weighted by Gasteiger charge is 2.29. The van der Waals surface area contributed by atoms with Crippen LogP contribution in [0.15, 0.2) is 23.1 Å². The third-order valence-corrected chi connectivity index (χ3v) is 4.97. The number of hydrogen-bond acceptors (Lipinski definition) is 4. The number of nitrogens with zero attached hydrogens (tertiary/aromatic N) is 1. The fourth-order valence-electron chi connectivity index (χ4n) is 1.84. The summed E-state index contributed by atoms with van der Waals surface area (Å²) in [4.78, 5) is 22.0. The first kappa shape index (κ1) is 17.1. The summed E-state index contributed by atoms with van der Waals surface area (Å²) in [5, 5.41) is 8.85. The van der Waals surface area contributed by atoms with Gasteiger partial charge in [0.05, 0.1) is 4.90 Å². The predicted molar refractivity (Wildman–Crippen MR) is 76.4 cm³/mol. The Balaban J connectivity index is 3.38. The number of nitrogens with two attached hydrogens (primary N) is 1. The van der Waals surface area contributed by atoms with E-state index in [-0.39, 0.29) is 10.5 Å². The molecule has 0 heterocycles. The van der Waals surface area contributed by atoms with Crippen molar-refractivity contribution >= 4 is 21.9 Å². The predicted octanol–water partition coefficient (Wildman–Crippen LogP) is 0.578. The molecule has 0 aliphatic carbocycles. The van der Waals surface area contributed by atoms with E-state index in [1.807, 2.05) is 0 Å². The average Bonchev–Trinajstić information content (AvgIpc) is 2.35. The molecule has 0 spiro atoms. The SMILES string of the molecule is Cc1ccc(S(=O)(=O)N(CC(=O)O)C(C)C)cc1C(N)=O.